The summed E-state index contributed by atoms with van der Waals surface area (Å²) >= 11 is 0. The summed E-state index contributed by atoms with van der Waals surface area (Å²) in [5.41, 5.74) is 0.164. The zero-order chi connectivity index (χ0) is 15.3. The topological polar surface area (TPSA) is 119 Å². The fourth-order valence-corrected chi connectivity index (χ4v) is 2.17. The first-order valence-electron chi connectivity index (χ1n) is 6.01. The van der Waals surface area contributed by atoms with Gasteiger partial charge >= 0.3 is 5.97 Å². The number of nitrogens with one attached hydrogen (secondary N) is 1. The molecule has 0 heterocycles. The third-order valence-corrected chi connectivity index (χ3v) is 3.49. The smallest absolute Gasteiger partial charge is 0.337 e. The maximum Gasteiger partial charge on any atom is 0.337 e. The summed E-state index contributed by atoms with van der Waals surface area (Å²) in [5, 5.41) is 17.0. The number of rotatable bonds is 7. The van der Waals surface area contributed by atoms with E-state index in [9.17, 15) is 13.2 Å². The van der Waals surface area contributed by atoms with Crippen molar-refractivity contribution in [2.45, 2.75) is 24.8 Å². The molecule has 0 bridgehead atoms. The Morgan fingerprint density at radius 2 is 2.15 bits per heavy atom. The van der Waals surface area contributed by atoms with Crippen LogP contribution in [0.2, 0.25) is 0 Å². The van der Waals surface area contributed by atoms with Crippen LogP contribution in [0.15, 0.2) is 23.1 Å². The van der Waals surface area contributed by atoms with Crippen LogP contribution in [0, 0.1) is 0 Å². The molecule has 0 amide bonds. The maximum absolute atomic E-state index is 11.2. The Hall–Kier alpha value is -1.64. The standard InChI is InChI=1S/C12H18N2O5S/c1-3-19-8(2)7-14-11-5-4-9(20(13,17)18)6-10(11)12(15)16/h4-6,8,14H,3,7H2,1-2H3,(H,15,16)(H2,13,17,18). The van der Waals surface area contributed by atoms with E-state index in [-0.39, 0.29) is 16.6 Å². The Morgan fingerprint density at radius 3 is 2.65 bits per heavy atom. The van der Waals surface area contributed by atoms with Gasteiger partial charge in [0.2, 0.25) is 10.0 Å². The SMILES string of the molecule is CCOC(C)CNc1ccc(S(N)(=O)=O)cc1C(=O)O. The van der Waals surface area contributed by atoms with E-state index >= 15 is 0 Å². The summed E-state index contributed by atoms with van der Waals surface area (Å²) in [5.74, 6) is -1.23. The number of primary sulfonamides is 1. The van der Waals surface area contributed by atoms with Crippen LogP contribution in [0.25, 0.3) is 0 Å². The summed E-state index contributed by atoms with van der Waals surface area (Å²) in [6.45, 7) is 4.66. The van der Waals surface area contributed by atoms with E-state index in [1.54, 1.807) is 0 Å². The number of sulfonamides is 1. The Kier molecular flexibility index (Phi) is 5.49. The van der Waals surface area contributed by atoms with Crippen molar-refractivity contribution in [1.82, 2.24) is 0 Å². The van der Waals surface area contributed by atoms with Gasteiger partial charge in [-0.3, -0.25) is 0 Å². The van der Waals surface area contributed by atoms with Gasteiger partial charge in [-0.15, -0.1) is 0 Å². The van der Waals surface area contributed by atoms with Crippen molar-refractivity contribution < 1.29 is 23.1 Å². The fourth-order valence-electron chi connectivity index (χ4n) is 1.63. The van der Waals surface area contributed by atoms with E-state index in [4.69, 9.17) is 15.0 Å². The van der Waals surface area contributed by atoms with Gasteiger partial charge in [0.15, 0.2) is 0 Å². The number of carbonyl (C=O) groups is 1. The number of hydrogen-bond donors (Lipinski definition) is 3. The molecule has 1 aromatic carbocycles. The lowest BCUT2D eigenvalue weighted by atomic mass is 10.1. The highest BCUT2D eigenvalue weighted by Gasteiger charge is 2.16. The highest BCUT2D eigenvalue weighted by molar-refractivity contribution is 7.89. The van der Waals surface area contributed by atoms with Crippen LogP contribution in [-0.4, -0.2) is 38.7 Å². The quantitative estimate of drug-likeness (QED) is 0.687. The summed E-state index contributed by atoms with van der Waals surface area (Å²) in [7, 11) is -3.93. The van der Waals surface area contributed by atoms with Crippen molar-refractivity contribution in [2.24, 2.45) is 5.14 Å². The van der Waals surface area contributed by atoms with Crippen LogP contribution in [0.1, 0.15) is 24.2 Å². The lowest BCUT2D eigenvalue weighted by molar-refractivity contribution is 0.0696. The number of carboxylic acid groups (broad SMARTS) is 1. The predicted octanol–water partition coefficient (Wildman–Crippen LogP) is 0.869. The molecule has 0 aliphatic heterocycles. The van der Waals surface area contributed by atoms with E-state index in [0.29, 0.717) is 18.8 Å². The van der Waals surface area contributed by atoms with Crippen molar-refractivity contribution in [3.05, 3.63) is 23.8 Å². The van der Waals surface area contributed by atoms with Crippen LogP contribution < -0.4 is 10.5 Å². The molecule has 0 spiro atoms. The molecule has 0 aliphatic carbocycles. The first-order valence-corrected chi connectivity index (χ1v) is 7.56. The molecule has 112 valence electrons. The molecular formula is C12H18N2O5S. The van der Waals surface area contributed by atoms with Crippen LogP contribution >= 0.6 is 0 Å². The minimum Gasteiger partial charge on any atom is -0.478 e. The number of anilines is 1. The molecule has 8 heteroatoms. The number of carboxylic acids is 1. The molecule has 7 nitrogen and oxygen atoms in total. The van der Waals surface area contributed by atoms with E-state index in [0.717, 1.165) is 6.07 Å². The first kappa shape index (κ1) is 16.4. The second kappa shape index (κ2) is 6.69. The molecule has 0 saturated carbocycles. The zero-order valence-corrected chi connectivity index (χ0v) is 12.1. The third-order valence-electron chi connectivity index (χ3n) is 2.58. The molecule has 0 saturated heterocycles. The Labute approximate surface area is 117 Å². The van der Waals surface area contributed by atoms with Gasteiger partial charge in [0.25, 0.3) is 0 Å². The molecule has 0 fully saturated rings. The lowest BCUT2D eigenvalue weighted by Gasteiger charge is -2.15. The minimum atomic E-state index is -3.93. The molecule has 20 heavy (non-hydrogen) atoms. The summed E-state index contributed by atoms with van der Waals surface area (Å²) < 4.78 is 27.7. The molecule has 0 aliphatic rings. The Bertz CT molecular complexity index is 586. The average molecular weight is 302 g/mol. The zero-order valence-electron chi connectivity index (χ0n) is 11.3. The third kappa shape index (κ3) is 4.48. The predicted molar refractivity (Wildman–Crippen MR) is 74.4 cm³/mol. The number of nitrogens with two attached hydrogens (primary N) is 1. The number of aromatic carboxylic acids is 1. The number of hydrogen-bond acceptors (Lipinski definition) is 5. The van der Waals surface area contributed by atoms with E-state index in [2.05, 4.69) is 5.32 Å². The minimum absolute atomic E-state index is 0.0976. The highest BCUT2D eigenvalue weighted by Crippen LogP contribution is 2.20. The van der Waals surface area contributed by atoms with Crippen molar-refractivity contribution in [1.29, 1.82) is 0 Å². The summed E-state index contributed by atoms with van der Waals surface area (Å²) in [4.78, 5) is 10.9. The summed E-state index contributed by atoms with van der Waals surface area (Å²) in [6.07, 6.45) is -0.0976. The van der Waals surface area contributed by atoms with Crippen molar-refractivity contribution >= 4 is 21.7 Å². The number of benzene rings is 1. The molecule has 0 radical (unpaired) electrons. The van der Waals surface area contributed by atoms with Crippen LogP contribution in [0.3, 0.4) is 0 Å². The normalized spacial score (nSPS) is 12.9. The molecule has 1 unspecified atom stereocenters. The Morgan fingerprint density at radius 1 is 1.50 bits per heavy atom. The van der Waals surface area contributed by atoms with E-state index in [1.807, 2.05) is 13.8 Å². The monoisotopic (exact) mass is 302 g/mol. The van der Waals surface area contributed by atoms with Gasteiger partial charge < -0.3 is 15.2 Å². The molecule has 4 N–H and O–H groups in total. The fraction of sp³-hybridized carbons (Fsp3) is 0.417. The summed E-state index contributed by atoms with van der Waals surface area (Å²) in [6, 6.07) is 3.67. The van der Waals surface area contributed by atoms with Gasteiger partial charge in [-0.05, 0) is 32.0 Å². The van der Waals surface area contributed by atoms with Gasteiger partial charge in [0.05, 0.1) is 16.6 Å². The molecule has 1 aromatic rings. The first-order chi connectivity index (χ1) is 9.25. The highest BCUT2D eigenvalue weighted by atomic mass is 32.2. The van der Waals surface area contributed by atoms with Crippen LogP contribution in [0.5, 0.6) is 0 Å². The second-order valence-corrected chi connectivity index (χ2v) is 5.77. The van der Waals surface area contributed by atoms with E-state index in [1.165, 1.54) is 12.1 Å². The molecule has 0 aromatic heterocycles. The average Bonchev–Trinajstić information content (AvgIpc) is 2.35. The maximum atomic E-state index is 11.2. The van der Waals surface area contributed by atoms with Crippen molar-refractivity contribution in [2.75, 3.05) is 18.5 Å². The van der Waals surface area contributed by atoms with Crippen molar-refractivity contribution in [3.63, 3.8) is 0 Å². The van der Waals surface area contributed by atoms with Crippen LogP contribution in [-0.2, 0) is 14.8 Å². The molecular weight excluding hydrogens is 284 g/mol. The van der Waals surface area contributed by atoms with Gasteiger partial charge in [0, 0.05) is 18.8 Å². The number of ether oxygens (including phenoxy) is 1. The second-order valence-electron chi connectivity index (χ2n) is 4.20. The molecule has 1 rings (SSSR count). The largest absolute Gasteiger partial charge is 0.478 e. The van der Waals surface area contributed by atoms with Crippen LogP contribution in [0.4, 0.5) is 5.69 Å². The van der Waals surface area contributed by atoms with Gasteiger partial charge in [-0.2, -0.15) is 0 Å². The van der Waals surface area contributed by atoms with Gasteiger partial charge in [-0.25, -0.2) is 18.4 Å². The lowest BCUT2D eigenvalue weighted by Crippen LogP contribution is -2.21. The van der Waals surface area contributed by atoms with Gasteiger partial charge in [-0.1, -0.05) is 0 Å². The van der Waals surface area contributed by atoms with Crippen molar-refractivity contribution in [3.8, 4) is 0 Å². The van der Waals surface area contributed by atoms with E-state index < -0.39 is 16.0 Å². The van der Waals surface area contributed by atoms with Gasteiger partial charge in [0.1, 0.15) is 0 Å². The molecule has 1 atom stereocenters. The Balaban J connectivity index is 3.00.